The maximum absolute atomic E-state index is 12.2. The lowest BCUT2D eigenvalue weighted by Crippen LogP contribution is -2.48. The van der Waals surface area contributed by atoms with Gasteiger partial charge in [-0.05, 0) is 83.3 Å². The van der Waals surface area contributed by atoms with Gasteiger partial charge in [-0.2, -0.15) is 0 Å². The van der Waals surface area contributed by atoms with Crippen molar-refractivity contribution in [3.63, 3.8) is 0 Å². The van der Waals surface area contributed by atoms with Crippen LogP contribution in [0.4, 0.5) is 4.79 Å². The van der Waals surface area contributed by atoms with Crippen molar-refractivity contribution < 1.29 is 4.79 Å². The van der Waals surface area contributed by atoms with Gasteiger partial charge in [-0.1, -0.05) is 0 Å². The average Bonchev–Trinajstić information content (AvgIpc) is 2.92. The average molecular weight is 349 g/mol. The number of carbonyl (C=O) groups excluding carboxylic acids is 1. The first-order valence-electron chi connectivity index (χ1n) is 8.40. The lowest BCUT2D eigenvalue weighted by molar-refractivity contribution is 0.217. The standard InChI is InChI=1S/C18H28N4OS/c1-12(2)16(17-13(3)8-11-24-17)19-14(4)20-18(23)21-15-6-9-22(5)10-7-15/h8,11,15H,6-7,9-10H2,1-5H3,(H2,19,20,21,23). The molecule has 132 valence electrons. The van der Waals surface area contributed by atoms with Gasteiger partial charge in [0.05, 0.1) is 10.6 Å². The Morgan fingerprint density at radius 1 is 1.29 bits per heavy atom. The second-order valence-electron chi connectivity index (χ2n) is 6.65. The number of urea groups is 1. The fourth-order valence-electron chi connectivity index (χ4n) is 2.74. The van der Waals surface area contributed by atoms with Crippen LogP contribution in [0.25, 0.3) is 5.70 Å². The van der Waals surface area contributed by atoms with Crippen molar-refractivity contribution in [1.82, 2.24) is 15.5 Å². The highest BCUT2D eigenvalue weighted by Crippen LogP contribution is 2.28. The van der Waals surface area contributed by atoms with Crippen LogP contribution in [0.15, 0.2) is 22.0 Å². The van der Waals surface area contributed by atoms with Crippen molar-refractivity contribution >= 4 is 28.9 Å². The monoisotopic (exact) mass is 348 g/mol. The SMILES string of the molecule is CC(=NC(=C(C)C)c1sccc1C)NC(=O)NC1CCN(C)CC1. The van der Waals surface area contributed by atoms with Crippen LogP contribution in [0.1, 0.15) is 44.1 Å². The Kier molecular flexibility index (Phi) is 6.57. The predicted molar refractivity (Wildman–Crippen MR) is 103 cm³/mol. The molecule has 2 amide bonds. The Morgan fingerprint density at radius 3 is 2.50 bits per heavy atom. The molecule has 0 unspecified atom stereocenters. The number of hydrogen-bond acceptors (Lipinski definition) is 4. The second-order valence-corrected chi connectivity index (χ2v) is 7.57. The smallest absolute Gasteiger partial charge is 0.320 e. The Balaban J connectivity index is 1.98. The molecule has 0 spiro atoms. The number of thiophene rings is 1. The van der Waals surface area contributed by atoms with Crippen molar-refractivity contribution in [3.8, 4) is 0 Å². The molecule has 2 N–H and O–H groups in total. The highest BCUT2D eigenvalue weighted by molar-refractivity contribution is 7.11. The number of allylic oxidation sites excluding steroid dienone is 1. The summed E-state index contributed by atoms with van der Waals surface area (Å²) in [7, 11) is 2.11. The zero-order valence-corrected chi connectivity index (χ0v) is 16.1. The molecule has 1 aliphatic heterocycles. The van der Waals surface area contributed by atoms with Gasteiger partial charge in [0.15, 0.2) is 0 Å². The number of hydrogen-bond donors (Lipinski definition) is 2. The van der Waals surface area contributed by atoms with Gasteiger partial charge in [-0.3, -0.25) is 5.32 Å². The van der Waals surface area contributed by atoms with E-state index in [2.05, 4.69) is 45.9 Å². The highest BCUT2D eigenvalue weighted by atomic mass is 32.1. The number of nitrogens with zero attached hydrogens (tertiary/aromatic N) is 2. The van der Waals surface area contributed by atoms with Gasteiger partial charge in [-0.15, -0.1) is 11.3 Å². The second kappa shape index (κ2) is 8.44. The summed E-state index contributed by atoms with van der Waals surface area (Å²) >= 11 is 1.68. The van der Waals surface area contributed by atoms with Gasteiger partial charge in [0, 0.05) is 6.04 Å². The Labute approximate surface area is 148 Å². The van der Waals surface area contributed by atoms with Crippen molar-refractivity contribution in [3.05, 3.63) is 27.5 Å². The first-order chi connectivity index (χ1) is 11.4. The summed E-state index contributed by atoms with van der Waals surface area (Å²) in [6.07, 6.45) is 1.99. The number of piperidine rings is 1. The molecular formula is C18H28N4OS. The minimum Gasteiger partial charge on any atom is -0.335 e. The number of aryl methyl sites for hydroxylation is 1. The number of aliphatic imine (C=N–C) groups is 1. The van der Waals surface area contributed by atoms with E-state index < -0.39 is 0 Å². The molecule has 0 saturated carbocycles. The Morgan fingerprint density at radius 2 is 1.96 bits per heavy atom. The van der Waals surface area contributed by atoms with Crippen molar-refractivity contribution in [2.75, 3.05) is 20.1 Å². The number of rotatable bonds is 3. The minimum atomic E-state index is -0.165. The van der Waals surface area contributed by atoms with E-state index in [4.69, 9.17) is 0 Å². The molecule has 0 bridgehead atoms. The van der Waals surface area contributed by atoms with Crippen molar-refractivity contribution in [2.24, 2.45) is 4.99 Å². The van der Waals surface area contributed by atoms with Gasteiger partial charge in [0.25, 0.3) is 0 Å². The highest BCUT2D eigenvalue weighted by Gasteiger charge is 2.18. The molecule has 5 nitrogen and oxygen atoms in total. The first kappa shape index (κ1) is 18.7. The van der Waals surface area contributed by atoms with Crippen LogP contribution < -0.4 is 10.6 Å². The molecule has 2 rings (SSSR count). The summed E-state index contributed by atoms with van der Waals surface area (Å²) in [5.74, 6) is 0.615. The first-order valence-corrected chi connectivity index (χ1v) is 9.28. The van der Waals surface area contributed by atoms with E-state index in [1.54, 1.807) is 11.3 Å². The van der Waals surface area contributed by atoms with Crippen LogP contribution >= 0.6 is 11.3 Å². The van der Waals surface area contributed by atoms with Crippen LogP contribution in [-0.4, -0.2) is 42.9 Å². The van der Waals surface area contributed by atoms with E-state index in [-0.39, 0.29) is 12.1 Å². The molecule has 1 aliphatic rings. The van der Waals surface area contributed by atoms with Crippen LogP contribution in [-0.2, 0) is 0 Å². The molecule has 1 aromatic heterocycles. The van der Waals surface area contributed by atoms with Crippen LogP contribution in [0.3, 0.4) is 0 Å². The maximum atomic E-state index is 12.2. The topological polar surface area (TPSA) is 56.7 Å². The van der Waals surface area contributed by atoms with Gasteiger partial charge in [0.1, 0.15) is 5.84 Å². The number of carbonyl (C=O) groups is 1. The normalized spacial score (nSPS) is 16.8. The summed E-state index contributed by atoms with van der Waals surface area (Å²) in [6, 6.07) is 2.17. The van der Waals surface area contributed by atoms with Crippen LogP contribution in [0.2, 0.25) is 0 Å². The Bertz CT molecular complexity index is 635. The largest absolute Gasteiger partial charge is 0.335 e. The molecule has 0 atom stereocenters. The maximum Gasteiger partial charge on any atom is 0.320 e. The van der Waals surface area contributed by atoms with E-state index in [9.17, 15) is 4.79 Å². The molecular weight excluding hydrogens is 320 g/mol. The van der Waals surface area contributed by atoms with Crippen molar-refractivity contribution in [1.29, 1.82) is 0 Å². The van der Waals surface area contributed by atoms with Crippen LogP contribution in [0, 0.1) is 6.92 Å². The predicted octanol–water partition coefficient (Wildman–Crippen LogP) is 3.62. The van der Waals surface area contributed by atoms with Gasteiger partial charge in [-0.25, -0.2) is 9.79 Å². The van der Waals surface area contributed by atoms with E-state index in [1.165, 1.54) is 5.56 Å². The zero-order chi connectivity index (χ0) is 17.7. The summed E-state index contributed by atoms with van der Waals surface area (Å²) in [4.78, 5) is 20.3. The van der Waals surface area contributed by atoms with E-state index in [0.717, 1.165) is 42.1 Å². The van der Waals surface area contributed by atoms with E-state index >= 15 is 0 Å². The summed E-state index contributed by atoms with van der Waals surface area (Å²) < 4.78 is 0. The minimum absolute atomic E-state index is 0.165. The molecule has 1 fully saturated rings. The Hall–Kier alpha value is -1.66. The number of amides is 2. The quantitative estimate of drug-likeness (QED) is 0.647. The third kappa shape index (κ3) is 5.18. The fourth-order valence-corrected chi connectivity index (χ4v) is 3.76. The van der Waals surface area contributed by atoms with Crippen LogP contribution in [0.5, 0.6) is 0 Å². The molecule has 0 radical (unpaired) electrons. The molecule has 6 heteroatoms. The van der Waals surface area contributed by atoms with Gasteiger partial charge in [0.2, 0.25) is 0 Å². The summed E-state index contributed by atoms with van der Waals surface area (Å²) in [5, 5.41) is 7.98. The van der Waals surface area contributed by atoms with Crippen molar-refractivity contribution in [2.45, 2.75) is 46.6 Å². The van der Waals surface area contributed by atoms with Gasteiger partial charge >= 0.3 is 6.03 Å². The molecule has 2 heterocycles. The molecule has 1 aromatic rings. The lowest BCUT2D eigenvalue weighted by Gasteiger charge is -2.29. The van der Waals surface area contributed by atoms with E-state index in [0.29, 0.717) is 5.84 Å². The molecule has 1 saturated heterocycles. The fraction of sp³-hybridized carbons (Fsp3) is 0.556. The number of likely N-dealkylation sites (tertiary alicyclic amines) is 1. The third-order valence-corrected chi connectivity index (χ3v) is 5.20. The summed E-state index contributed by atoms with van der Waals surface area (Å²) in [5.41, 5.74) is 3.29. The van der Waals surface area contributed by atoms with E-state index in [1.807, 2.05) is 20.8 Å². The summed E-state index contributed by atoms with van der Waals surface area (Å²) in [6.45, 7) is 10.1. The zero-order valence-electron chi connectivity index (χ0n) is 15.3. The van der Waals surface area contributed by atoms with Gasteiger partial charge < -0.3 is 10.2 Å². The molecule has 24 heavy (non-hydrogen) atoms. The molecule has 0 aliphatic carbocycles. The lowest BCUT2D eigenvalue weighted by atomic mass is 10.1. The number of amidine groups is 1. The third-order valence-electron chi connectivity index (χ3n) is 4.18. The molecule has 0 aromatic carbocycles. The number of nitrogens with one attached hydrogen (secondary N) is 2.